The fourth-order valence-corrected chi connectivity index (χ4v) is 1.48. The second kappa shape index (κ2) is 4.49. The number of hydrogen-bond donors (Lipinski definition) is 2. The second-order valence-electron chi connectivity index (χ2n) is 3.41. The Morgan fingerprint density at radius 1 is 0.812 bits per heavy atom. The van der Waals surface area contributed by atoms with E-state index in [1.54, 1.807) is 12.1 Å². The summed E-state index contributed by atoms with van der Waals surface area (Å²) in [5.41, 5.74) is 2.92. The van der Waals surface area contributed by atoms with E-state index in [0.29, 0.717) is 0 Å². The minimum atomic E-state index is 0.257. The molecule has 0 aliphatic rings. The summed E-state index contributed by atoms with van der Waals surface area (Å²) in [6.07, 6.45) is 1.38. The molecule has 2 aromatic rings. The third-order valence-corrected chi connectivity index (χ3v) is 2.32. The number of rotatable bonds is 2. The fourth-order valence-electron chi connectivity index (χ4n) is 1.48. The third kappa shape index (κ3) is 2.20. The van der Waals surface area contributed by atoms with E-state index in [2.05, 4.69) is 5.16 Å². The van der Waals surface area contributed by atoms with E-state index >= 15 is 0 Å². The highest BCUT2D eigenvalue weighted by atomic mass is 16.4. The zero-order chi connectivity index (χ0) is 11.4. The van der Waals surface area contributed by atoms with Crippen LogP contribution in [0.1, 0.15) is 5.56 Å². The first-order chi connectivity index (χ1) is 7.79. The first-order valence-corrected chi connectivity index (χ1v) is 4.86. The highest BCUT2D eigenvalue weighted by Gasteiger charge is 1.97. The van der Waals surface area contributed by atoms with E-state index in [4.69, 9.17) is 5.21 Å². The molecule has 0 fully saturated rings. The minimum absolute atomic E-state index is 0.257. The molecule has 2 rings (SSSR count). The van der Waals surface area contributed by atoms with E-state index < -0.39 is 0 Å². The van der Waals surface area contributed by atoms with Gasteiger partial charge in [0.2, 0.25) is 0 Å². The van der Waals surface area contributed by atoms with Crippen molar-refractivity contribution in [3.63, 3.8) is 0 Å². The standard InChI is InChI=1S/C13H11NO2/c15-13-7-5-12(6-8-13)11-3-1-10(2-4-11)9-14-16/h1-9,15-16H. The van der Waals surface area contributed by atoms with Crippen LogP contribution in [-0.4, -0.2) is 16.5 Å². The molecule has 0 unspecified atom stereocenters. The van der Waals surface area contributed by atoms with Gasteiger partial charge in [-0.25, -0.2) is 0 Å². The van der Waals surface area contributed by atoms with Gasteiger partial charge >= 0.3 is 0 Å². The van der Waals surface area contributed by atoms with Crippen molar-refractivity contribution in [2.45, 2.75) is 0 Å². The summed E-state index contributed by atoms with van der Waals surface area (Å²) >= 11 is 0. The second-order valence-corrected chi connectivity index (χ2v) is 3.41. The summed E-state index contributed by atoms with van der Waals surface area (Å²) in [6, 6.07) is 14.6. The lowest BCUT2D eigenvalue weighted by Gasteiger charge is -2.02. The smallest absolute Gasteiger partial charge is 0.115 e. The lowest BCUT2D eigenvalue weighted by Crippen LogP contribution is -1.82. The quantitative estimate of drug-likeness (QED) is 0.458. The zero-order valence-electron chi connectivity index (χ0n) is 8.54. The van der Waals surface area contributed by atoms with Gasteiger partial charge in [0.25, 0.3) is 0 Å². The molecule has 0 spiro atoms. The van der Waals surface area contributed by atoms with E-state index in [1.165, 1.54) is 6.21 Å². The highest BCUT2D eigenvalue weighted by Crippen LogP contribution is 2.21. The molecule has 3 heteroatoms. The molecule has 0 saturated carbocycles. The highest BCUT2D eigenvalue weighted by molar-refractivity contribution is 5.80. The van der Waals surface area contributed by atoms with E-state index in [-0.39, 0.29) is 5.75 Å². The van der Waals surface area contributed by atoms with E-state index in [1.807, 2.05) is 36.4 Å². The topological polar surface area (TPSA) is 52.8 Å². The number of benzene rings is 2. The Balaban J connectivity index is 2.31. The molecule has 0 aromatic heterocycles. The van der Waals surface area contributed by atoms with Crippen LogP contribution in [0.3, 0.4) is 0 Å². The van der Waals surface area contributed by atoms with Crippen LogP contribution < -0.4 is 0 Å². The van der Waals surface area contributed by atoms with Crippen molar-refractivity contribution in [3.8, 4) is 16.9 Å². The summed E-state index contributed by atoms with van der Waals surface area (Å²) in [4.78, 5) is 0. The van der Waals surface area contributed by atoms with Gasteiger partial charge in [0.15, 0.2) is 0 Å². The van der Waals surface area contributed by atoms with Gasteiger partial charge < -0.3 is 10.3 Å². The maximum absolute atomic E-state index is 9.17. The van der Waals surface area contributed by atoms with Gasteiger partial charge in [-0.2, -0.15) is 0 Å². The Labute approximate surface area is 93.3 Å². The number of hydrogen-bond acceptors (Lipinski definition) is 3. The summed E-state index contributed by atoms with van der Waals surface area (Å²) in [7, 11) is 0. The molecule has 0 amide bonds. The van der Waals surface area contributed by atoms with Crippen molar-refractivity contribution < 1.29 is 10.3 Å². The van der Waals surface area contributed by atoms with Gasteiger partial charge in [-0.15, -0.1) is 0 Å². The monoisotopic (exact) mass is 213 g/mol. The number of nitrogens with zero attached hydrogens (tertiary/aromatic N) is 1. The Morgan fingerprint density at radius 3 is 1.81 bits per heavy atom. The Kier molecular flexibility index (Phi) is 2.87. The maximum Gasteiger partial charge on any atom is 0.115 e. The van der Waals surface area contributed by atoms with Gasteiger partial charge in [0, 0.05) is 0 Å². The molecule has 2 aromatic carbocycles. The SMILES string of the molecule is ON=Cc1ccc(-c2ccc(O)cc2)cc1. The molecule has 16 heavy (non-hydrogen) atoms. The predicted octanol–water partition coefficient (Wildman–Crippen LogP) is 2.87. The molecule has 0 bridgehead atoms. The van der Waals surface area contributed by atoms with Crippen molar-refractivity contribution in [3.05, 3.63) is 54.1 Å². The lowest BCUT2D eigenvalue weighted by molar-refractivity contribution is 0.322. The number of phenolic OH excluding ortho intramolecular Hbond substituents is 1. The van der Waals surface area contributed by atoms with Crippen LogP contribution in [0.15, 0.2) is 53.7 Å². The Hall–Kier alpha value is -2.29. The number of aromatic hydroxyl groups is 1. The number of phenols is 1. The van der Waals surface area contributed by atoms with Crippen LogP contribution in [0, 0.1) is 0 Å². The predicted molar refractivity (Wildman–Crippen MR) is 62.9 cm³/mol. The Bertz CT molecular complexity index is 486. The van der Waals surface area contributed by atoms with Crippen molar-refractivity contribution in [1.29, 1.82) is 0 Å². The maximum atomic E-state index is 9.17. The van der Waals surface area contributed by atoms with Crippen molar-refractivity contribution in [2.75, 3.05) is 0 Å². The summed E-state index contributed by atoms with van der Waals surface area (Å²) in [5, 5.41) is 20.5. The van der Waals surface area contributed by atoms with Crippen molar-refractivity contribution in [1.82, 2.24) is 0 Å². The summed E-state index contributed by atoms with van der Waals surface area (Å²) < 4.78 is 0. The molecule has 0 radical (unpaired) electrons. The first kappa shape index (κ1) is 10.2. The molecular formula is C13H11NO2. The summed E-state index contributed by atoms with van der Waals surface area (Å²) in [6.45, 7) is 0. The van der Waals surface area contributed by atoms with Gasteiger partial charge in [-0.1, -0.05) is 41.6 Å². The molecule has 2 N–H and O–H groups in total. The fraction of sp³-hybridized carbons (Fsp3) is 0. The van der Waals surface area contributed by atoms with Crippen LogP contribution in [0.4, 0.5) is 0 Å². The van der Waals surface area contributed by atoms with Gasteiger partial charge in [0.05, 0.1) is 6.21 Å². The normalized spacial score (nSPS) is 10.8. The van der Waals surface area contributed by atoms with Crippen LogP contribution in [-0.2, 0) is 0 Å². The molecule has 0 heterocycles. The van der Waals surface area contributed by atoms with Crippen LogP contribution in [0.25, 0.3) is 11.1 Å². The molecule has 0 aliphatic carbocycles. The van der Waals surface area contributed by atoms with Crippen LogP contribution >= 0.6 is 0 Å². The largest absolute Gasteiger partial charge is 0.508 e. The molecule has 0 saturated heterocycles. The average Bonchev–Trinajstić information content (AvgIpc) is 2.32. The minimum Gasteiger partial charge on any atom is -0.508 e. The van der Waals surface area contributed by atoms with Gasteiger partial charge in [-0.3, -0.25) is 0 Å². The van der Waals surface area contributed by atoms with Gasteiger partial charge in [0.1, 0.15) is 5.75 Å². The van der Waals surface area contributed by atoms with E-state index in [9.17, 15) is 5.11 Å². The van der Waals surface area contributed by atoms with Crippen molar-refractivity contribution in [2.24, 2.45) is 5.16 Å². The van der Waals surface area contributed by atoms with Crippen LogP contribution in [0.5, 0.6) is 5.75 Å². The number of oxime groups is 1. The summed E-state index contributed by atoms with van der Waals surface area (Å²) in [5.74, 6) is 0.257. The molecule has 0 aliphatic heterocycles. The third-order valence-electron chi connectivity index (χ3n) is 2.32. The average molecular weight is 213 g/mol. The molecule has 0 atom stereocenters. The van der Waals surface area contributed by atoms with Crippen LogP contribution in [0.2, 0.25) is 0 Å². The zero-order valence-corrected chi connectivity index (χ0v) is 8.54. The van der Waals surface area contributed by atoms with Crippen molar-refractivity contribution >= 4 is 6.21 Å². The molecule has 3 nitrogen and oxygen atoms in total. The first-order valence-electron chi connectivity index (χ1n) is 4.86. The van der Waals surface area contributed by atoms with Gasteiger partial charge in [-0.05, 0) is 28.8 Å². The molecule has 80 valence electrons. The van der Waals surface area contributed by atoms with E-state index in [0.717, 1.165) is 16.7 Å². The Morgan fingerprint density at radius 2 is 1.31 bits per heavy atom. The lowest BCUT2D eigenvalue weighted by atomic mass is 10.0. The molecular weight excluding hydrogens is 202 g/mol.